The lowest BCUT2D eigenvalue weighted by atomic mass is 10.1. The molecule has 0 spiro atoms. The zero-order valence-electron chi connectivity index (χ0n) is 15.0. The summed E-state index contributed by atoms with van der Waals surface area (Å²) in [4.78, 5) is 11.4. The Kier molecular flexibility index (Phi) is 6.83. The summed E-state index contributed by atoms with van der Waals surface area (Å²) in [6.45, 7) is 1.56. The summed E-state index contributed by atoms with van der Waals surface area (Å²) in [5.41, 5.74) is 6.23. The highest BCUT2D eigenvalue weighted by Crippen LogP contribution is 2.31. The molecule has 150 valence electrons. The van der Waals surface area contributed by atoms with E-state index in [1.807, 2.05) is 0 Å². The molecule has 0 atom stereocenters. The van der Waals surface area contributed by atoms with Crippen LogP contribution in [-0.2, 0) is 15.7 Å². The van der Waals surface area contributed by atoms with Crippen LogP contribution in [0.4, 0.5) is 24.5 Å². The highest BCUT2D eigenvalue weighted by molar-refractivity contribution is 6.02. The maximum atomic E-state index is 12.9. The van der Waals surface area contributed by atoms with Crippen LogP contribution in [0.15, 0.2) is 53.6 Å². The van der Waals surface area contributed by atoms with E-state index in [1.54, 1.807) is 31.2 Å². The fraction of sp³-hybridized carbons (Fsp3) is 0.222. The number of carbonyl (C=O) groups excluding carboxylic acids is 1. The second kappa shape index (κ2) is 9.09. The number of para-hydroxylation sites is 1. The first-order valence-electron chi connectivity index (χ1n) is 8.26. The van der Waals surface area contributed by atoms with Gasteiger partial charge in [0.1, 0.15) is 0 Å². The van der Waals surface area contributed by atoms with Crippen LogP contribution in [0.5, 0.6) is 0 Å². The molecule has 2 aromatic rings. The number of rotatable bonds is 7. The Morgan fingerprint density at radius 2 is 1.93 bits per heavy atom. The smallest absolute Gasteiger partial charge is 0.416 e. The van der Waals surface area contributed by atoms with Gasteiger partial charge in [-0.1, -0.05) is 18.2 Å². The minimum Gasteiger partial charge on any atom is -0.465 e. The molecule has 0 radical (unpaired) electrons. The lowest BCUT2D eigenvalue weighted by Gasteiger charge is -2.16. The molecule has 0 unspecified atom stereocenters. The molecule has 28 heavy (non-hydrogen) atoms. The molecule has 0 aliphatic rings. The fourth-order valence-corrected chi connectivity index (χ4v) is 2.31. The van der Waals surface area contributed by atoms with Crippen LogP contribution in [0.1, 0.15) is 18.1 Å². The molecule has 5 N–H and O–H groups in total. The van der Waals surface area contributed by atoms with Crippen LogP contribution in [0, 0.1) is 0 Å². The van der Waals surface area contributed by atoms with Gasteiger partial charge in [0, 0.05) is 16.9 Å². The minimum atomic E-state index is -4.45. The first-order chi connectivity index (χ1) is 13.2. The van der Waals surface area contributed by atoms with Crippen molar-refractivity contribution in [1.82, 2.24) is 5.12 Å². The van der Waals surface area contributed by atoms with Gasteiger partial charge in [-0.15, -0.1) is 5.10 Å². The molecule has 0 heterocycles. The molecule has 0 aromatic heterocycles. The van der Waals surface area contributed by atoms with Crippen molar-refractivity contribution in [3.8, 4) is 0 Å². The van der Waals surface area contributed by atoms with E-state index in [-0.39, 0.29) is 24.7 Å². The van der Waals surface area contributed by atoms with Crippen LogP contribution in [0.3, 0.4) is 0 Å². The summed E-state index contributed by atoms with van der Waals surface area (Å²) in [5.74, 6) is 5.03. The fourth-order valence-electron chi connectivity index (χ4n) is 2.31. The Balaban J connectivity index is 2.23. The lowest BCUT2D eigenvalue weighted by molar-refractivity contribution is -0.144. The average Bonchev–Trinajstić information content (AvgIpc) is 2.61. The van der Waals surface area contributed by atoms with Crippen molar-refractivity contribution in [2.45, 2.75) is 13.1 Å². The van der Waals surface area contributed by atoms with E-state index in [4.69, 9.17) is 16.3 Å². The molecule has 2 rings (SSSR count). The number of nitrogens with zero attached hydrogens (tertiary/aromatic N) is 2. The minimum absolute atomic E-state index is 0.0260. The number of halogens is 3. The highest BCUT2D eigenvalue weighted by atomic mass is 19.4. The Hall–Kier alpha value is -3.27. The molecule has 0 fully saturated rings. The third-order valence-corrected chi connectivity index (χ3v) is 3.50. The lowest BCUT2D eigenvalue weighted by Crippen LogP contribution is -2.35. The maximum absolute atomic E-state index is 12.9. The second-order valence-electron chi connectivity index (χ2n) is 5.64. The average molecular weight is 395 g/mol. The maximum Gasteiger partial charge on any atom is 0.416 e. The molecule has 2 aromatic carbocycles. The molecule has 0 saturated carbocycles. The summed E-state index contributed by atoms with van der Waals surface area (Å²) in [7, 11) is 0. The number of hydrazone groups is 1. The number of ether oxygens (including phenoxy) is 1. The van der Waals surface area contributed by atoms with Crippen molar-refractivity contribution in [2.75, 3.05) is 18.5 Å². The zero-order valence-corrected chi connectivity index (χ0v) is 15.0. The van der Waals surface area contributed by atoms with Crippen molar-refractivity contribution < 1.29 is 22.7 Å². The number of benzene rings is 2. The van der Waals surface area contributed by atoms with E-state index >= 15 is 0 Å². The predicted octanol–water partition coefficient (Wildman–Crippen LogP) is 2.81. The Morgan fingerprint density at radius 3 is 2.61 bits per heavy atom. The van der Waals surface area contributed by atoms with Gasteiger partial charge in [0.25, 0.3) is 0 Å². The molecule has 0 saturated heterocycles. The standard InChI is InChI=1S/C18H20F3N5O2/c1-2-28-16(27)11-26(23)25-17(22)14-8-3-4-9-15(14)24-13-7-5-6-12(10-13)18(19,20)21/h3-10,24H,2,11,23H2,1H3,(H2,22,25). The molecule has 0 aliphatic carbocycles. The first kappa shape index (κ1) is 21.0. The number of hydrogen-bond donors (Lipinski definition) is 3. The van der Waals surface area contributed by atoms with E-state index in [2.05, 4.69) is 10.4 Å². The van der Waals surface area contributed by atoms with E-state index < -0.39 is 17.7 Å². The van der Waals surface area contributed by atoms with Crippen molar-refractivity contribution in [1.29, 1.82) is 0 Å². The summed E-state index contributed by atoms with van der Waals surface area (Å²) in [6.07, 6.45) is -4.45. The van der Waals surface area contributed by atoms with Crippen LogP contribution < -0.4 is 16.9 Å². The second-order valence-corrected chi connectivity index (χ2v) is 5.64. The quantitative estimate of drug-likeness (QED) is 0.219. The predicted molar refractivity (Wildman–Crippen MR) is 99.4 cm³/mol. The molecular weight excluding hydrogens is 375 g/mol. The Bertz CT molecular complexity index is 855. The normalized spacial score (nSPS) is 11.8. The van der Waals surface area contributed by atoms with Gasteiger partial charge in [0.05, 0.1) is 12.2 Å². The number of nitrogens with two attached hydrogens (primary N) is 2. The van der Waals surface area contributed by atoms with Crippen molar-refractivity contribution in [3.05, 3.63) is 59.7 Å². The molecular formula is C18H20F3N5O2. The SMILES string of the molecule is CCOC(=O)CN(N)/N=C(\N)c1ccccc1Nc1cccc(C(F)(F)F)c1. The Labute approximate surface area is 159 Å². The number of alkyl halides is 3. The number of nitrogens with one attached hydrogen (secondary N) is 1. The van der Waals surface area contributed by atoms with Crippen molar-refractivity contribution in [3.63, 3.8) is 0 Å². The Morgan fingerprint density at radius 1 is 1.21 bits per heavy atom. The van der Waals surface area contributed by atoms with Gasteiger partial charge in [-0.25, -0.2) is 15.8 Å². The third kappa shape index (κ3) is 5.88. The van der Waals surface area contributed by atoms with Crippen LogP contribution in [0.2, 0.25) is 0 Å². The number of esters is 1. The van der Waals surface area contributed by atoms with Gasteiger partial charge < -0.3 is 15.8 Å². The molecule has 0 bridgehead atoms. The van der Waals surface area contributed by atoms with E-state index in [0.29, 0.717) is 11.3 Å². The molecule has 0 aliphatic heterocycles. The van der Waals surface area contributed by atoms with Gasteiger partial charge >= 0.3 is 12.1 Å². The third-order valence-electron chi connectivity index (χ3n) is 3.50. The van der Waals surface area contributed by atoms with Crippen LogP contribution in [-0.4, -0.2) is 30.1 Å². The van der Waals surface area contributed by atoms with Gasteiger partial charge in [-0.2, -0.15) is 13.2 Å². The molecule has 0 amide bonds. The monoisotopic (exact) mass is 395 g/mol. The topological polar surface area (TPSA) is 106 Å². The summed E-state index contributed by atoms with van der Waals surface area (Å²) in [6, 6.07) is 11.4. The van der Waals surface area contributed by atoms with Gasteiger partial charge in [0.2, 0.25) is 0 Å². The van der Waals surface area contributed by atoms with E-state index in [0.717, 1.165) is 17.3 Å². The summed E-state index contributed by atoms with van der Waals surface area (Å²) < 4.78 is 43.4. The van der Waals surface area contributed by atoms with Gasteiger partial charge in [0.15, 0.2) is 12.4 Å². The van der Waals surface area contributed by atoms with Gasteiger partial charge in [-0.05, 0) is 37.3 Å². The molecule has 10 heteroatoms. The summed E-state index contributed by atoms with van der Waals surface area (Å²) in [5, 5.41) is 7.63. The van der Waals surface area contributed by atoms with Crippen LogP contribution in [0.25, 0.3) is 0 Å². The van der Waals surface area contributed by atoms with Crippen LogP contribution >= 0.6 is 0 Å². The van der Waals surface area contributed by atoms with E-state index in [1.165, 1.54) is 12.1 Å². The number of anilines is 2. The largest absolute Gasteiger partial charge is 0.465 e. The first-order valence-corrected chi connectivity index (χ1v) is 8.26. The highest BCUT2D eigenvalue weighted by Gasteiger charge is 2.30. The summed E-state index contributed by atoms with van der Waals surface area (Å²) >= 11 is 0. The van der Waals surface area contributed by atoms with Crippen molar-refractivity contribution in [2.24, 2.45) is 16.7 Å². The zero-order chi connectivity index (χ0) is 20.7. The van der Waals surface area contributed by atoms with Gasteiger partial charge in [-0.3, -0.25) is 0 Å². The number of amidine groups is 1. The molecule has 7 nitrogen and oxygen atoms in total. The number of hydrogen-bond acceptors (Lipinski definition) is 6. The number of carbonyl (C=O) groups is 1. The number of hydrazine groups is 1. The van der Waals surface area contributed by atoms with E-state index in [9.17, 15) is 18.0 Å². The van der Waals surface area contributed by atoms with Crippen molar-refractivity contribution >= 4 is 23.2 Å².